The van der Waals surface area contributed by atoms with E-state index in [0.29, 0.717) is 5.75 Å². The van der Waals surface area contributed by atoms with Crippen LogP contribution >= 0.6 is 0 Å². The number of carboxylic acids is 1. The number of aliphatic carboxylic acids is 1. The van der Waals surface area contributed by atoms with Gasteiger partial charge in [-0.15, -0.1) is 0 Å². The second-order valence-electron chi connectivity index (χ2n) is 3.23. The van der Waals surface area contributed by atoms with E-state index in [-0.39, 0.29) is 6.61 Å². The number of hydrogen-bond acceptors (Lipinski definition) is 3. The van der Waals surface area contributed by atoms with Crippen LogP contribution in [0.4, 0.5) is 0 Å². The van der Waals surface area contributed by atoms with Gasteiger partial charge in [0.05, 0.1) is 0 Å². The number of hydrogen-bond donors (Lipinski definition) is 2. The number of ether oxygens (including phenoxy) is 1. The first-order valence-corrected chi connectivity index (χ1v) is 4.79. The Hall–Kier alpha value is -2.04. The zero-order chi connectivity index (χ0) is 12.0. The van der Waals surface area contributed by atoms with Gasteiger partial charge in [-0.25, -0.2) is 0 Å². The Morgan fingerprint density at radius 2 is 2.00 bits per heavy atom. The van der Waals surface area contributed by atoms with Crippen LogP contribution in [0.15, 0.2) is 30.3 Å². The van der Waals surface area contributed by atoms with Crippen LogP contribution in [0, 0.1) is 0 Å². The van der Waals surface area contributed by atoms with Gasteiger partial charge in [0.15, 0.2) is 6.61 Å². The Morgan fingerprint density at radius 1 is 1.38 bits per heavy atom. The SMILES string of the molecule is CC(NC(=O)COc1ccccc1)C(=O)O. The summed E-state index contributed by atoms with van der Waals surface area (Å²) in [6.45, 7) is 1.20. The van der Waals surface area contributed by atoms with E-state index in [4.69, 9.17) is 9.84 Å². The lowest BCUT2D eigenvalue weighted by Crippen LogP contribution is -2.40. The molecule has 0 saturated carbocycles. The third-order valence-corrected chi connectivity index (χ3v) is 1.86. The summed E-state index contributed by atoms with van der Waals surface area (Å²) in [6, 6.07) is 7.92. The highest BCUT2D eigenvalue weighted by Gasteiger charge is 2.13. The van der Waals surface area contributed by atoms with Crippen LogP contribution in [0.5, 0.6) is 5.75 Å². The molecule has 0 saturated heterocycles. The van der Waals surface area contributed by atoms with Crippen molar-refractivity contribution in [3.8, 4) is 5.75 Å². The highest BCUT2D eigenvalue weighted by atomic mass is 16.5. The van der Waals surface area contributed by atoms with Crippen molar-refractivity contribution >= 4 is 11.9 Å². The van der Waals surface area contributed by atoms with Crippen molar-refractivity contribution in [2.24, 2.45) is 0 Å². The number of rotatable bonds is 5. The van der Waals surface area contributed by atoms with Gasteiger partial charge in [0.2, 0.25) is 0 Å². The summed E-state index contributed by atoms with van der Waals surface area (Å²) in [6.07, 6.45) is 0. The zero-order valence-electron chi connectivity index (χ0n) is 8.84. The summed E-state index contributed by atoms with van der Waals surface area (Å²) < 4.78 is 5.14. The normalized spacial score (nSPS) is 11.6. The van der Waals surface area contributed by atoms with Crippen LogP contribution in [0.1, 0.15) is 6.92 Å². The van der Waals surface area contributed by atoms with Crippen molar-refractivity contribution in [1.82, 2.24) is 5.32 Å². The number of benzene rings is 1. The summed E-state index contributed by atoms with van der Waals surface area (Å²) in [4.78, 5) is 21.7. The molecular weight excluding hydrogens is 210 g/mol. The minimum Gasteiger partial charge on any atom is -0.484 e. The zero-order valence-corrected chi connectivity index (χ0v) is 8.84. The lowest BCUT2D eigenvalue weighted by Gasteiger charge is -2.10. The van der Waals surface area contributed by atoms with E-state index in [2.05, 4.69) is 5.32 Å². The van der Waals surface area contributed by atoms with Crippen LogP contribution in [-0.2, 0) is 9.59 Å². The molecule has 2 N–H and O–H groups in total. The van der Waals surface area contributed by atoms with E-state index in [1.807, 2.05) is 6.07 Å². The van der Waals surface area contributed by atoms with Gasteiger partial charge < -0.3 is 15.2 Å². The molecule has 1 atom stereocenters. The molecule has 0 bridgehead atoms. The second-order valence-corrected chi connectivity index (χ2v) is 3.23. The van der Waals surface area contributed by atoms with Crippen molar-refractivity contribution in [1.29, 1.82) is 0 Å². The number of carbonyl (C=O) groups is 2. The molecule has 0 aliphatic heterocycles. The fourth-order valence-corrected chi connectivity index (χ4v) is 1.01. The Morgan fingerprint density at radius 3 is 2.56 bits per heavy atom. The van der Waals surface area contributed by atoms with Gasteiger partial charge in [-0.1, -0.05) is 18.2 Å². The minimum absolute atomic E-state index is 0.193. The molecule has 0 aromatic heterocycles. The van der Waals surface area contributed by atoms with E-state index in [9.17, 15) is 9.59 Å². The molecule has 1 aromatic rings. The Bertz CT molecular complexity index is 364. The molecule has 0 spiro atoms. The molecule has 1 rings (SSSR count). The summed E-state index contributed by atoms with van der Waals surface area (Å²) in [5, 5.41) is 10.8. The molecule has 1 amide bonds. The fraction of sp³-hybridized carbons (Fsp3) is 0.273. The van der Waals surface area contributed by atoms with Gasteiger partial charge in [0.25, 0.3) is 5.91 Å². The molecule has 86 valence electrons. The van der Waals surface area contributed by atoms with E-state index in [1.54, 1.807) is 24.3 Å². The first-order valence-electron chi connectivity index (χ1n) is 4.79. The van der Waals surface area contributed by atoms with Crippen LogP contribution in [-0.4, -0.2) is 29.6 Å². The predicted molar refractivity (Wildman–Crippen MR) is 57.2 cm³/mol. The Balaban J connectivity index is 2.33. The third kappa shape index (κ3) is 4.00. The van der Waals surface area contributed by atoms with Crippen molar-refractivity contribution in [2.75, 3.05) is 6.61 Å². The molecule has 16 heavy (non-hydrogen) atoms. The van der Waals surface area contributed by atoms with Crippen LogP contribution < -0.4 is 10.1 Å². The lowest BCUT2D eigenvalue weighted by molar-refractivity contribution is -0.141. The van der Waals surface area contributed by atoms with E-state index in [0.717, 1.165) is 0 Å². The van der Waals surface area contributed by atoms with Gasteiger partial charge in [-0.05, 0) is 19.1 Å². The third-order valence-electron chi connectivity index (χ3n) is 1.86. The molecule has 0 heterocycles. The van der Waals surface area contributed by atoms with Gasteiger partial charge in [0, 0.05) is 0 Å². The number of para-hydroxylation sites is 1. The van der Waals surface area contributed by atoms with Crippen LogP contribution in [0.2, 0.25) is 0 Å². The molecule has 5 heteroatoms. The van der Waals surface area contributed by atoms with Gasteiger partial charge >= 0.3 is 5.97 Å². The summed E-state index contributed by atoms with van der Waals surface area (Å²) in [5.41, 5.74) is 0. The van der Waals surface area contributed by atoms with Crippen LogP contribution in [0.25, 0.3) is 0 Å². The van der Waals surface area contributed by atoms with E-state index in [1.165, 1.54) is 6.92 Å². The highest BCUT2D eigenvalue weighted by molar-refractivity contribution is 5.84. The first kappa shape index (κ1) is 12.0. The molecule has 1 aromatic carbocycles. The topological polar surface area (TPSA) is 75.6 Å². The largest absolute Gasteiger partial charge is 0.484 e. The molecule has 0 radical (unpaired) electrons. The summed E-state index contributed by atoms with van der Waals surface area (Å²) in [5.74, 6) is -0.965. The smallest absolute Gasteiger partial charge is 0.325 e. The molecule has 0 aliphatic rings. The molecule has 1 unspecified atom stereocenters. The fourth-order valence-electron chi connectivity index (χ4n) is 1.01. The number of nitrogens with one attached hydrogen (secondary N) is 1. The van der Waals surface area contributed by atoms with Gasteiger partial charge in [-0.2, -0.15) is 0 Å². The standard InChI is InChI=1S/C11H13NO4/c1-8(11(14)15)12-10(13)7-16-9-5-3-2-4-6-9/h2-6,8H,7H2,1H3,(H,12,13)(H,14,15). The second kappa shape index (κ2) is 5.75. The Kier molecular flexibility index (Phi) is 4.32. The molecule has 0 aliphatic carbocycles. The quantitative estimate of drug-likeness (QED) is 0.768. The summed E-state index contributed by atoms with van der Waals surface area (Å²) >= 11 is 0. The average Bonchev–Trinajstić information content (AvgIpc) is 2.27. The minimum atomic E-state index is -1.08. The Labute approximate surface area is 93.0 Å². The highest BCUT2D eigenvalue weighted by Crippen LogP contribution is 2.07. The number of carboxylic acid groups (broad SMARTS) is 1. The maximum atomic E-state index is 11.2. The van der Waals surface area contributed by atoms with Gasteiger partial charge in [-0.3, -0.25) is 9.59 Å². The molecule has 0 fully saturated rings. The monoisotopic (exact) mass is 223 g/mol. The van der Waals surface area contributed by atoms with Crippen LogP contribution in [0.3, 0.4) is 0 Å². The number of carbonyl (C=O) groups excluding carboxylic acids is 1. The van der Waals surface area contributed by atoms with Crippen molar-refractivity contribution in [3.05, 3.63) is 30.3 Å². The van der Waals surface area contributed by atoms with Crippen molar-refractivity contribution in [3.63, 3.8) is 0 Å². The number of amides is 1. The maximum absolute atomic E-state index is 11.2. The average molecular weight is 223 g/mol. The molecular formula is C11H13NO4. The first-order chi connectivity index (χ1) is 7.59. The maximum Gasteiger partial charge on any atom is 0.325 e. The lowest BCUT2D eigenvalue weighted by atomic mass is 10.3. The molecule has 5 nitrogen and oxygen atoms in total. The van der Waals surface area contributed by atoms with Crippen molar-refractivity contribution < 1.29 is 19.4 Å². The van der Waals surface area contributed by atoms with Gasteiger partial charge in [0.1, 0.15) is 11.8 Å². The van der Waals surface area contributed by atoms with E-state index < -0.39 is 17.9 Å². The summed E-state index contributed by atoms with van der Waals surface area (Å²) in [7, 11) is 0. The van der Waals surface area contributed by atoms with Crippen molar-refractivity contribution in [2.45, 2.75) is 13.0 Å². The van der Waals surface area contributed by atoms with E-state index >= 15 is 0 Å². The predicted octanol–water partition coefficient (Wildman–Crippen LogP) is 0.655.